The molecule has 2 aromatic rings. The molecule has 26 heavy (non-hydrogen) atoms. The van der Waals surface area contributed by atoms with Gasteiger partial charge in [0.1, 0.15) is 0 Å². The first-order chi connectivity index (χ1) is 12.7. The van der Waals surface area contributed by atoms with Gasteiger partial charge in [-0.1, -0.05) is 36.4 Å². The van der Waals surface area contributed by atoms with Gasteiger partial charge in [-0.25, -0.2) is 4.79 Å². The van der Waals surface area contributed by atoms with Gasteiger partial charge in [0.05, 0.1) is 19.3 Å². The number of nitrogens with one attached hydrogen (secondary N) is 1. The maximum atomic E-state index is 12.8. The van der Waals surface area contributed by atoms with E-state index >= 15 is 0 Å². The van der Waals surface area contributed by atoms with Gasteiger partial charge >= 0.3 is 6.03 Å². The Kier molecular flexibility index (Phi) is 4.69. The van der Waals surface area contributed by atoms with Gasteiger partial charge < -0.3 is 19.7 Å². The van der Waals surface area contributed by atoms with Gasteiger partial charge in [-0.15, -0.1) is 0 Å². The van der Waals surface area contributed by atoms with Crippen LogP contribution in [0.5, 0.6) is 11.5 Å². The van der Waals surface area contributed by atoms with Crippen LogP contribution in [-0.2, 0) is 13.0 Å². The van der Waals surface area contributed by atoms with Crippen molar-refractivity contribution in [3.05, 3.63) is 59.2 Å². The second kappa shape index (κ2) is 7.28. The van der Waals surface area contributed by atoms with Crippen molar-refractivity contribution in [2.45, 2.75) is 32.4 Å². The number of fused-ring (bicyclic) bond motifs is 2. The first kappa shape index (κ1) is 16.8. The van der Waals surface area contributed by atoms with Gasteiger partial charge in [0.25, 0.3) is 0 Å². The van der Waals surface area contributed by atoms with Crippen molar-refractivity contribution in [2.24, 2.45) is 0 Å². The molecular weight excluding hydrogens is 328 g/mol. The third kappa shape index (κ3) is 3.21. The molecule has 4 rings (SSSR count). The molecule has 0 saturated heterocycles. The third-order valence-electron chi connectivity index (χ3n) is 5.14. The minimum absolute atomic E-state index is 0.0425. The minimum Gasteiger partial charge on any atom is -0.490 e. The average molecular weight is 352 g/mol. The van der Waals surface area contributed by atoms with Gasteiger partial charge in [-0.3, -0.25) is 0 Å². The van der Waals surface area contributed by atoms with Crippen LogP contribution >= 0.6 is 0 Å². The number of carbonyl (C=O) groups is 1. The zero-order valence-corrected chi connectivity index (χ0v) is 15.0. The van der Waals surface area contributed by atoms with Crippen molar-refractivity contribution in [2.75, 3.05) is 19.8 Å². The van der Waals surface area contributed by atoms with Crippen molar-refractivity contribution in [1.29, 1.82) is 0 Å². The predicted molar refractivity (Wildman–Crippen MR) is 99.6 cm³/mol. The second-order valence-electron chi connectivity index (χ2n) is 6.77. The standard InChI is InChI=1S/C21H24N2O3/c1-15-18-8-3-2-6-16(18)10-11-23(15)21(24)22-14-17-7-4-9-19-20(17)26-13-5-12-25-19/h2-4,6-9,15H,5,10-14H2,1H3,(H,22,24). The summed E-state index contributed by atoms with van der Waals surface area (Å²) in [6.45, 7) is 4.54. The SMILES string of the molecule is CC1c2ccccc2CCN1C(=O)NCc1cccc2c1OCCCO2. The fraction of sp³-hybridized carbons (Fsp3) is 0.381. The van der Waals surface area contributed by atoms with E-state index < -0.39 is 0 Å². The maximum Gasteiger partial charge on any atom is 0.318 e. The average Bonchev–Trinajstić information content (AvgIpc) is 2.92. The molecule has 1 N–H and O–H groups in total. The Bertz CT molecular complexity index is 806. The van der Waals surface area contributed by atoms with E-state index in [1.165, 1.54) is 11.1 Å². The number of benzene rings is 2. The van der Waals surface area contributed by atoms with Crippen LogP contribution in [0, 0.1) is 0 Å². The van der Waals surface area contributed by atoms with Crippen LogP contribution in [0.3, 0.4) is 0 Å². The van der Waals surface area contributed by atoms with Gasteiger partial charge in [0, 0.05) is 25.1 Å². The second-order valence-corrected chi connectivity index (χ2v) is 6.77. The molecule has 5 nitrogen and oxygen atoms in total. The molecular formula is C21H24N2O3. The summed E-state index contributed by atoms with van der Waals surface area (Å²) < 4.78 is 11.6. The zero-order chi connectivity index (χ0) is 17.9. The van der Waals surface area contributed by atoms with Crippen molar-refractivity contribution in [3.63, 3.8) is 0 Å². The normalized spacial score (nSPS) is 18.7. The van der Waals surface area contributed by atoms with E-state index in [1.54, 1.807) is 0 Å². The summed E-state index contributed by atoms with van der Waals surface area (Å²) in [7, 11) is 0. The largest absolute Gasteiger partial charge is 0.490 e. The van der Waals surface area contributed by atoms with Crippen molar-refractivity contribution < 1.29 is 14.3 Å². The molecule has 1 atom stereocenters. The van der Waals surface area contributed by atoms with Gasteiger partial charge in [-0.05, 0) is 30.5 Å². The van der Waals surface area contributed by atoms with Gasteiger partial charge in [0.2, 0.25) is 0 Å². The Balaban J connectivity index is 1.45. The summed E-state index contributed by atoms with van der Waals surface area (Å²) in [6, 6.07) is 14.2. The molecule has 0 fully saturated rings. The molecule has 2 aliphatic heterocycles. The number of rotatable bonds is 2. The first-order valence-electron chi connectivity index (χ1n) is 9.24. The molecule has 2 amide bonds. The lowest BCUT2D eigenvalue weighted by Crippen LogP contribution is -2.44. The van der Waals surface area contributed by atoms with E-state index in [2.05, 4.69) is 30.4 Å². The van der Waals surface area contributed by atoms with Crippen LogP contribution < -0.4 is 14.8 Å². The van der Waals surface area contributed by atoms with E-state index in [1.807, 2.05) is 29.2 Å². The smallest absolute Gasteiger partial charge is 0.318 e. The molecule has 5 heteroatoms. The Morgan fingerprint density at radius 1 is 1.15 bits per heavy atom. The van der Waals surface area contributed by atoms with E-state index in [0.717, 1.165) is 36.4 Å². The van der Waals surface area contributed by atoms with E-state index in [9.17, 15) is 4.79 Å². The van der Waals surface area contributed by atoms with Gasteiger partial charge in [0.15, 0.2) is 11.5 Å². The number of para-hydroxylation sites is 1. The molecule has 0 aliphatic carbocycles. The zero-order valence-electron chi connectivity index (χ0n) is 15.0. The topological polar surface area (TPSA) is 50.8 Å². The van der Waals surface area contributed by atoms with E-state index in [0.29, 0.717) is 19.8 Å². The Morgan fingerprint density at radius 2 is 2.00 bits per heavy atom. The predicted octanol–water partition coefficient (Wildman–Crippen LogP) is 3.68. The van der Waals surface area contributed by atoms with Crippen LogP contribution in [0.4, 0.5) is 4.79 Å². The lowest BCUT2D eigenvalue weighted by molar-refractivity contribution is 0.174. The molecule has 0 saturated carbocycles. The van der Waals surface area contributed by atoms with Crippen molar-refractivity contribution in [1.82, 2.24) is 10.2 Å². The molecule has 136 valence electrons. The van der Waals surface area contributed by atoms with Crippen LogP contribution in [0.2, 0.25) is 0 Å². The van der Waals surface area contributed by atoms with Crippen LogP contribution in [0.25, 0.3) is 0 Å². The Labute approximate surface area is 153 Å². The number of ether oxygens (including phenoxy) is 2. The Hall–Kier alpha value is -2.69. The number of urea groups is 1. The van der Waals surface area contributed by atoms with Crippen molar-refractivity contribution in [3.8, 4) is 11.5 Å². The van der Waals surface area contributed by atoms with E-state index in [-0.39, 0.29) is 12.1 Å². The van der Waals surface area contributed by atoms with Crippen LogP contribution in [-0.4, -0.2) is 30.7 Å². The lowest BCUT2D eigenvalue weighted by Gasteiger charge is -2.35. The molecule has 0 aromatic heterocycles. The highest BCUT2D eigenvalue weighted by Crippen LogP contribution is 2.33. The first-order valence-corrected chi connectivity index (χ1v) is 9.24. The maximum absolute atomic E-state index is 12.8. The van der Waals surface area contributed by atoms with Gasteiger partial charge in [-0.2, -0.15) is 0 Å². The minimum atomic E-state index is -0.0425. The number of carbonyl (C=O) groups excluding carboxylic acids is 1. The third-order valence-corrected chi connectivity index (χ3v) is 5.14. The lowest BCUT2D eigenvalue weighted by atomic mass is 9.94. The number of nitrogens with zero attached hydrogens (tertiary/aromatic N) is 1. The molecule has 2 aromatic carbocycles. The highest BCUT2D eigenvalue weighted by atomic mass is 16.5. The van der Waals surface area contributed by atoms with E-state index in [4.69, 9.17) is 9.47 Å². The monoisotopic (exact) mass is 352 g/mol. The fourth-order valence-corrected chi connectivity index (χ4v) is 3.71. The molecule has 0 radical (unpaired) electrons. The molecule has 0 bridgehead atoms. The molecule has 2 heterocycles. The number of amides is 2. The van der Waals surface area contributed by atoms with Crippen LogP contribution in [0.15, 0.2) is 42.5 Å². The summed E-state index contributed by atoms with van der Waals surface area (Å²) in [4.78, 5) is 14.7. The summed E-state index contributed by atoms with van der Waals surface area (Å²) in [6.07, 6.45) is 1.76. The summed E-state index contributed by atoms with van der Waals surface area (Å²) >= 11 is 0. The summed E-state index contributed by atoms with van der Waals surface area (Å²) in [5.41, 5.74) is 3.52. The highest BCUT2D eigenvalue weighted by Gasteiger charge is 2.27. The summed E-state index contributed by atoms with van der Waals surface area (Å²) in [5.74, 6) is 1.51. The quantitative estimate of drug-likeness (QED) is 0.897. The Morgan fingerprint density at radius 3 is 2.92 bits per heavy atom. The highest BCUT2D eigenvalue weighted by molar-refractivity contribution is 5.75. The number of hydrogen-bond donors (Lipinski definition) is 1. The van der Waals surface area contributed by atoms with Crippen LogP contribution in [0.1, 0.15) is 36.1 Å². The summed E-state index contributed by atoms with van der Waals surface area (Å²) in [5, 5.41) is 3.05. The molecule has 2 aliphatic rings. The van der Waals surface area contributed by atoms with Crippen molar-refractivity contribution >= 4 is 6.03 Å². The molecule has 0 spiro atoms. The number of hydrogen-bond acceptors (Lipinski definition) is 3. The fourth-order valence-electron chi connectivity index (χ4n) is 3.71. The molecule has 1 unspecified atom stereocenters.